The first-order valence-electron chi connectivity index (χ1n) is 6.61. The maximum atomic E-state index is 10.7. The molecule has 106 valence electrons. The average Bonchev–Trinajstić information content (AvgIpc) is 2.77. The Morgan fingerprint density at radius 1 is 1.63 bits per heavy atom. The molecule has 0 aromatic carbocycles. The number of aromatic nitrogens is 3. The van der Waals surface area contributed by atoms with E-state index < -0.39 is 5.97 Å². The lowest BCUT2D eigenvalue weighted by Crippen LogP contribution is -2.43. The lowest BCUT2D eigenvalue weighted by molar-refractivity contribution is -0.142. The van der Waals surface area contributed by atoms with Crippen molar-refractivity contribution in [3.05, 3.63) is 12.2 Å². The fraction of sp³-hybridized carbons (Fsp3) is 0.750. The second-order valence-electron chi connectivity index (χ2n) is 4.73. The van der Waals surface area contributed by atoms with Crippen molar-refractivity contribution < 1.29 is 14.6 Å². The fourth-order valence-electron chi connectivity index (χ4n) is 2.25. The zero-order valence-electron chi connectivity index (χ0n) is 11.2. The summed E-state index contributed by atoms with van der Waals surface area (Å²) in [6.07, 6.45) is 2.41. The maximum Gasteiger partial charge on any atom is 0.306 e. The number of rotatable bonds is 6. The molecule has 1 aliphatic rings. The Labute approximate surface area is 112 Å². The van der Waals surface area contributed by atoms with E-state index in [9.17, 15) is 4.79 Å². The number of aliphatic carboxylic acids is 1. The normalized spacial score (nSPS) is 20.6. The molecule has 2 heterocycles. The Hall–Kier alpha value is -1.47. The molecule has 0 amide bonds. The molecule has 1 N–H and O–H groups in total. The van der Waals surface area contributed by atoms with Crippen LogP contribution < -0.4 is 0 Å². The van der Waals surface area contributed by atoms with Gasteiger partial charge in [-0.3, -0.25) is 9.69 Å². The fourth-order valence-corrected chi connectivity index (χ4v) is 2.25. The molecule has 1 unspecified atom stereocenters. The van der Waals surface area contributed by atoms with Crippen molar-refractivity contribution in [3.8, 4) is 0 Å². The summed E-state index contributed by atoms with van der Waals surface area (Å²) in [6.45, 7) is 5.65. The van der Waals surface area contributed by atoms with Crippen molar-refractivity contribution in [1.82, 2.24) is 19.7 Å². The summed E-state index contributed by atoms with van der Waals surface area (Å²) in [5.41, 5.74) is 0. The van der Waals surface area contributed by atoms with Gasteiger partial charge in [0.1, 0.15) is 12.2 Å². The number of nitrogens with zero attached hydrogens (tertiary/aromatic N) is 4. The number of morpholine rings is 1. The number of hydrogen-bond acceptors (Lipinski definition) is 5. The Bertz CT molecular complexity index is 421. The zero-order chi connectivity index (χ0) is 13.7. The van der Waals surface area contributed by atoms with Crippen molar-refractivity contribution >= 4 is 5.97 Å². The monoisotopic (exact) mass is 268 g/mol. The van der Waals surface area contributed by atoms with Crippen molar-refractivity contribution in [2.75, 3.05) is 19.7 Å². The third kappa shape index (κ3) is 4.00. The van der Waals surface area contributed by atoms with E-state index in [4.69, 9.17) is 9.84 Å². The number of aryl methyl sites for hydroxylation is 1. The SMILES string of the molecule is CCCn1ncnc1CN1CCOC(CC(=O)O)C1. The van der Waals surface area contributed by atoms with Crippen LogP contribution in [0.4, 0.5) is 0 Å². The number of carboxylic acid groups (broad SMARTS) is 1. The molecule has 1 aromatic heterocycles. The topological polar surface area (TPSA) is 80.5 Å². The summed E-state index contributed by atoms with van der Waals surface area (Å²) in [4.78, 5) is 17.1. The summed E-state index contributed by atoms with van der Waals surface area (Å²) in [5.74, 6) is 0.110. The van der Waals surface area contributed by atoms with E-state index in [1.54, 1.807) is 6.33 Å². The zero-order valence-corrected chi connectivity index (χ0v) is 11.2. The van der Waals surface area contributed by atoms with Gasteiger partial charge in [-0.05, 0) is 6.42 Å². The van der Waals surface area contributed by atoms with E-state index in [0.29, 0.717) is 19.7 Å². The molecule has 7 heteroatoms. The molecule has 1 atom stereocenters. The number of ether oxygens (including phenoxy) is 1. The molecule has 0 aliphatic carbocycles. The summed E-state index contributed by atoms with van der Waals surface area (Å²) in [6, 6.07) is 0. The molecule has 1 aliphatic heterocycles. The van der Waals surface area contributed by atoms with Crippen LogP contribution in [0.1, 0.15) is 25.6 Å². The maximum absolute atomic E-state index is 10.7. The molecule has 1 saturated heterocycles. The van der Waals surface area contributed by atoms with Gasteiger partial charge in [0, 0.05) is 19.6 Å². The van der Waals surface area contributed by atoms with Gasteiger partial charge in [0.15, 0.2) is 0 Å². The quantitative estimate of drug-likeness (QED) is 0.802. The van der Waals surface area contributed by atoms with Crippen LogP contribution in [0.15, 0.2) is 6.33 Å². The number of carboxylic acids is 1. The summed E-state index contributed by atoms with van der Waals surface area (Å²) in [7, 11) is 0. The number of hydrogen-bond donors (Lipinski definition) is 1. The minimum atomic E-state index is -0.819. The van der Waals surface area contributed by atoms with Crippen molar-refractivity contribution in [2.24, 2.45) is 0 Å². The highest BCUT2D eigenvalue weighted by Crippen LogP contribution is 2.11. The summed E-state index contributed by atoms with van der Waals surface area (Å²) >= 11 is 0. The minimum Gasteiger partial charge on any atom is -0.481 e. The first-order chi connectivity index (χ1) is 9.19. The lowest BCUT2D eigenvalue weighted by Gasteiger charge is -2.31. The average molecular weight is 268 g/mol. The predicted molar refractivity (Wildman–Crippen MR) is 67.6 cm³/mol. The van der Waals surface area contributed by atoms with Gasteiger partial charge in [0.25, 0.3) is 0 Å². The van der Waals surface area contributed by atoms with E-state index >= 15 is 0 Å². The Morgan fingerprint density at radius 3 is 3.21 bits per heavy atom. The largest absolute Gasteiger partial charge is 0.481 e. The highest BCUT2D eigenvalue weighted by atomic mass is 16.5. The molecular weight excluding hydrogens is 248 g/mol. The molecule has 0 saturated carbocycles. The van der Waals surface area contributed by atoms with Crippen LogP contribution >= 0.6 is 0 Å². The molecule has 1 aromatic rings. The van der Waals surface area contributed by atoms with Crippen LogP contribution in [-0.2, 0) is 22.6 Å². The second kappa shape index (κ2) is 6.63. The number of carbonyl (C=O) groups is 1. The first-order valence-corrected chi connectivity index (χ1v) is 6.61. The van der Waals surface area contributed by atoms with Gasteiger partial charge in [0.2, 0.25) is 0 Å². The minimum absolute atomic E-state index is 0.0537. The molecule has 19 heavy (non-hydrogen) atoms. The third-order valence-electron chi connectivity index (χ3n) is 3.12. The van der Waals surface area contributed by atoms with Gasteiger partial charge < -0.3 is 9.84 Å². The molecular formula is C12H20N4O3. The summed E-state index contributed by atoms with van der Waals surface area (Å²) < 4.78 is 7.36. The van der Waals surface area contributed by atoms with Crippen molar-refractivity contribution in [3.63, 3.8) is 0 Å². The molecule has 0 bridgehead atoms. The van der Waals surface area contributed by atoms with Gasteiger partial charge >= 0.3 is 5.97 Å². The van der Waals surface area contributed by atoms with Gasteiger partial charge in [-0.1, -0.05) is 6.92 Å². The van der Waals surface area contributed by atoms with Gasteiger partial charge in [-0.15, -0.1) is 0 Å². The predicted octanol–water partition coefficient (Wildman–Crippen LogP) is 0.364. The Morgan fingerprint density at radius 2 is 2.47 bits per heavy atom. The van der Waals surface area contributed by atoms with Crippen LogP contribution in [0.5, 0.6) is 0 Å². The van der Waals surface area contributed by atoms with E-state index in [0.717, 1.165) is 25.3 Å². The van der Waals surface area contributed by atoms with Crippen LogP contribution in [0.25, 0.3) is 0 Å². The second-order valence-corrected chi connectivity index (χ2v) is 4.73. The first kappa shape index (κ1) is 14.0. The molecule has 1 fully saturated rings. The van der Waals surface area contributed by atoms with Crippen LogP contribution in [-0.4, -0.2) is 56.5 Å². The molecule has 0 radical (unpaired) electrons. The third-order valence-corrected chi connectivity index (χ3v) is 3.12. The Balaban J connectivity index is 1.91. The Kier molecular flexibility index (Phi) is 4.86. The van der Waals surface area contributed by atoms with Gasteiger partial charge in [-0.25, -0.2) is 9.67 Å². The van der Waals surface area contributed by atoms with E-state index in [2.05, 4.69) is 21.9 Å². The van der Waals surface area contributed by atoms with E-state index in [-0.39, 0.29) is 12.5 Å². The van der Waals surface area contributed by atoms with Crippen LogP contribution in [0, 0.1) is 0 Å². The molecule has 0 spiro atoms. The van der Waals surface area contributed by atoms with E-state index in [1.165, 1.54) is 0 Å². The highest BCUT2D eigenvalue weighted by molar-refractivity contribution is 5.67. The standard InChI is InChI=1S/C12H20N4O3/c1-2-3-16-11(13-9-14-16)8-15-4-5-19-10(7-15)6-12(17)18/h9-10H,2-8H2,1H3,(H,17,18). The van der Waals surface area contributed by atoms with Gasteiger partial charge in [0.05, 0.1) is 25.7 Å². The van der Waals surface area contributed by atoms with Crippen LogP contribution in [0.3, 0.4) is 0 Å². The van der Waals surface area contributed by atoms with Crippen molar-refractivity contribution in [1.29, 1.82) is 0 Å². The van der Waals surface area contributed by atoms with Crippen LogP contribution in [0.2, 0.25) is 0 Å². The van der Waals surface area contributed by atoms with E-state index in [1.807, 2.05) is 4.68 Å². The van der Waals surface area contributed by atoms with Gasteiger partial charge in [-0.2, -0.15) is 5.10 Å². The molecule has 2 rings (SSSR count). The smallest absolute Gasteiger partial charge is 0.306 e. The molecule has 7 nitrogen and oxygen atoms in total. The highest BCUT2D eigenvalue weighted by Gasteiger charge is 2.23. The lowest BCUT2D eigenvalue weighted by atomic mass is 10.2. The summed E-state index contributed by atoms with van der Waals surface area (Å²) in [5, 5.41) is 13.0. The van der Waals surface area contributed by atoms with Crippen molar-refractivity contribution in [2.45, 2.75) is 39.0 Å².